The van der Waals surface area contributed by atoms with E-state index in [2.05, 4.69) is 26.0 Å². The molecule has 0 fully saturated rings. The molecule has 2 atom stereocenters. The first-order chi connectivity index (χ1) is 24.3. The van der Waals surface area contributed by atoms with Crippen LogP contribution < -0.4 is 5.73 Å². The van der Waals surface area contributed by atoms with Crippen LogP contribution in [0.1, 0.15) is 200 Å². The van der Waals surface area contributed by atoms with Crippen LogP contribution in [0.5, 0.6) is 0 Å². The lowest BCUT2D eigenvalue weighted by atomic mass is 10.0. The molecule has 0 amide bonds. The van der Waals surface area contributed by atoms with Crippen molar-refractivity contribution in [2.75, 3.05) is 26.4 Å². The Morgan fingerprint density at radius 3 is 1.42 bits per heavy atom. The van der Waals surface area contributed by atoms with E-state index in [9.17, 15) is 19.0 Å². The van der Waals surface area contributed by atoms with Gasteiger partial charge in [0.05, 0.1) is 13.2 Å². The van der Waals surface area contributed by atoms with Gasteiger partial charge in [0, 0.05) is 19.4 Å². The minimum atomic E-state index is -4.37. The third kappa shape index (κ3) is 36.5. The minimum Gasteiger partial charge on any atom is -0.462 e. The Kier molecular flexibility index (Phi) is 36.6. The fourth-order valence-electron chi connectivity index (χ4n) is 5.81. The number of nitrogens with two attached hydrogens (primary N) is 1. The summed E-state index contributed by atoms with van der Waals surface area (Å²) in [5, 5.41) is 0. The van der Waals surface area contributed by atoms with E-state index in [4.69, 9.17) is 24.3 Å². The summed E-state index contributed by atoms with van der Waals surface area (Å²) >= 11 is 0. The summed E-state index contributed by atoms with van der Waals surface area (Å²) < 4.78 is 32.7. The number of unbranched alkanes of at least 4 members (excludes halogenated alkanes) is 24. The van der Waals surface area contributed by atoms with Crippen molar-refractivity contribution < 1.29 is 37.6 Å². The molecule has 0 radical (unpaired) electrons. The first-order valence-corrected chi connectivity index (χ1v) is 22.2. The molecular formula is C40H78NO8P. The quantitative estimate of drug-likeness (QED) is 0.0274. The standard InChI is InChI=1S/C40H78NO8P/c1-3-5-7-9-11-13-15-17-19-21-22-24-26-28-30-32-39(42)46-36-38(37-48-50(44,45)47-35-34-41)49-40(43)33-31-29-27-25-23-20-18-16-14-12-10-8-6-4-2/h16,18,38H,3-15,17,19-37,41H2,1-2H3,(H,44,45)/b18-16+/t38-/m1/s1. The van der Waals surface area contributed by atoms with Gasteiger partial charge >= 0.3 is 19.8 Å². The number of phosphoric acid groups is 1. The predicted octanol–water partition coefficient (Wildman–Crippen LogP) is 11.4. The van der Waals surface area contributed by atoms with Crippen molar-refractivity contribution in [1.82, 2.24) is 0 Å². The van der Waals surface area contributed by atoms with Crippen LogP contribution in [0.3, 0.4) is 0 Å². The largest absolute Gasteiger partial charge is 0.472 e. The molecule has 0 rings (SSSR count). The molecule has 0 aromatic rings. The molecule has 0 saturated heterocycles. The normalized spacial score (nSPS) is 13.4. The molecule has 0 aliphatic rings. The highest BCUT2D eigenvalue weighted by Crippen LogP contribution is 2.43. The maximum Gasteiger partial charge on any atom is 0.472 e. The van der Waals surface area contributed by atoms with E-state index < -0.39 is 26.5 Å². The molecule has 0 bridgehead atoms. The molecular weight excluding hydrogens is 653 g/mol. The number of phosphoric ester groups is 1. The number of carbonyl (C=O) groups excluding carboxylic acids is 2. The lowest BCUT2D eigenvalue weighted by molar-refractivity contribution is -0.161. The van der Waals surface area contributed by atoms with Gasteiger partial charge in [-0.1, -0.05) is 161 Å². The molecule has 10 heteroatoms. The molecule has 0 aromatic heterocycles. The Hall–Kier alpha value is -1.25. The summed E-state index contributed by atoms with van der Waals surface area (Å²) in [4.78, 5) is 34.8. The summed E-state index contributed by atoms with van der Waals surface area (Å²) in [6.45, 7) is 3.73. The van der Waals surface area contributed by atoms with Gasteiger partial charge in [-0.05, 0) is 38.5 Å². The average Bonchev–Trinajstić information content (AvgIpc) is 3.10. The molecule has 0 saturated carbocycles. The maximum atomic E-state index is 12.5. The van der Waals surface area contributed by atoms with E-state index in [1.165, 1.54) is 116 Å². The lowest BCUT2D eigenvalue weighted by Crippen LogP contribution is -2.29. The summed E-state index contributed by atoms with van der Waals surface area (Å²) in [5.41, 5.74) is 5.34. The van der Waals surface area contributed by atoms with Crippen molar-refractivity contribution in [3.05, 3.63) is 12.2 Å². The monoisotopic (exact) mass is 732 g/mol. The van der Waals surface area contributed by atoms with Gasteiger partial charge < -0.3 is 20.1 Å². The smallest absolute Gasteiger partial charge is 0.462 e. The third-order valence-corrected chi connectivity index (χ3v) is 9.89. The first-order valence-electron chi connectivity index (χ1n) is 20.7. The Morgan fingerprint density at radius 1 is 0.580 bits per heavy atom. The van der Waals surface area contributed by atoms with E-state index in [1.807, 2.05) is 0 Å². The zero-order chi connectivity index (χ0) is 36.8. The minimum absolute atomic E-state index is 0.0547. The highest BCUT2D eigenvalue weighted by molar-refractivity contribution is 7.47. The zero-order valence-electron chi connectivity index (χ0n) is 32.4. The van der Waals surface area contributed by atoms with Gasteiger partial charge in [-0.25, -0.2) is 4.57 Å². The van der Waals surface area contributed by atoms with E-state index in [0.717, 1.165) is 51.4 Å². The number of esters is 2. The van der Waals surface area contributed by atoms with Gasteiger partial charge in [0.15, 0.2) is 6.10 Å². The van der Waals surface area contributed by atoms with E-state index in [1.54, 1.807) is 0 Å². The number of carbonyl (C=O) groups is 2. The Bertz CT molecular complexity index is 840. The molecule has 50 heavy (non-hydrogen) atoms. The van der Waals surface area contributed by atoms with Crippen LogP contribution in [0.4, 0.5) is 0 Å². The second-order valence-electron chi connectivity index (χ2n) is 13.9. The van der Waals surface area contributed by atoms with Crippen LogP contribution >= 0.6 is 7.82 Å². The van der Waals surface area contributed by atoms with Gasteiger partial charge in [0.2, 0.25) is 0 Å². The number of ether oxygens (including phenoxy) is 2. The van der Waals surface area contributed by atoms with Crippen molar-refractivity contribution in [1.29, 1.82) is 0 Å². The fourth-order valence-corrected chi connectivity index (χ4v) is 6.57. The Labute approximate surface area is 307 Å². The summed E-state index contributed by atoms with van der Waals surface area (Å²) in [6, 6.07) is 0. The van der Waals surface area contributed by atoms with Crippen LogP contribution in [0.15, 0.2) is 12.2 Å². The average molecular weight is 732 g/mol. The number of allylic oxidation sites excluding steroid dienone is 2. The highest BCUT2D eigenvalue weighted by Gasteiger charge is 2.26. The lowest BCUT2D eigenvalue weighted by Gasteiger charge is -2.19. The topological polar surface area (TPSA) is 134 Å². The van der Waals surface area contributed by atoms with Crippen LogP contribution in [-0.4, -0.2) is 49.3 Å². The molecule has 0 heterocycles. The number of hydrogen-bond acceptors (Lipinski definition) is 8. The third-order valence-electron chi connectivity index (χ3n) is 8.90. The van der Waals surface area contributed by atoms with E-state index in [0.29, 0.717) is 6.42 Å². The Morgan fingerprint density at radius 2 is 0.980 bits per heavy atom. The summed E-state index contributed by atoms with van der Waals surface area (Å²) in [6.07, 6.45) is 36.6. The van der Waals surface area contributed by atoms with Crippen LogP contribution in [0.2, 0.25) is 0 Å². The fraction of sp³-hybridized carbons (Fsp3) is 0.900. The van der Waals surface area contributed by atoms with E-state index >= 15 is 0 Å². The second kappa shape index (κ2) is 37.5. The van der Waals surface area contributed by atoms with Crippen LogP contribution in [0.25, 0.3) is 0 Å². The highest BCUT2D eigenvalue weighted by atomic mass is 31.2. The Balaban J connectivity index is 4.16. The van der Waals surface area contributed by atoms with Crippen molar-refractivity contribution in [2.45, 2.75) is 206 Å². The number of hydrogen-bond donors (Lipinski definition) is 2. The molecule has 296 valence electrons. The van der Waals surface area contributed by atoms with Crippen molar-refractivity contribution in [3.8, 4) is 0 Å². The molecule has 3 N–H and O–H groups in total. The van der Waals surface area contributed by atoms with Crippen molar-refractivity contribution in [3.63, 3.8) is 0 Å². The number of rotatable bonds is 39. The first kappa shape index (κ1) is 48.8. The van der Waals surface area contributed by atoms with Gasteiger partial charge in [-0.2, -0.15) is 0 Å². The molecule has 0 aliphatic heterocycles. The van der Waals surface area contributed by atoms with Gasteiger partial charge in [0.1, 0.15) is 6.61 Å². The molecule has 0 aliphatic carbocycles. The summed E-state index contributed by atoms with van der Waals surface area (Å²) in [5.74, 6) is -0.830. The predicted molar refractivity (Wildman–Crippen MR) is 206 cm³/mol. The van der Waals surface area contributed by atoms with Crippen LogP contribution in [0, 0.1) is 0 Å². The van der Waals surface area contributed by atoms with Crippen LogP contribution in [-0.2, 0) is 32.7 Å². The molecule has 9 nitrogen and oxygen atoms in total. The summed E-state index contributed by atoms with van der Waals surface area (Å²) in [7, 11) is -4.37. The van der Waals surface area contributed by atoms with Gasteiger partial charge in [-0.3, -0.25) is 18.6 Å². The van der Waals surface area contributed by atoms with Crippen molar-refractivity contribution in [2.24, 2.45) is 5.73 Å². The van der Waals surface area contributed by atoms with Gasteiger partial charge in [-0.15, -0.1) is 0 Å². The molecule has 0 aromatic carbocycles. The van der Waals surface area contributed by atoms with Gasteiger partial charge in [0.25, 0.3) is 0 Å². The maximum absolute atomic E-state index is 12.5. The van der Waals surface area contributed by atoms with Crippen molar-refractivity contribution >= 4 is 19.8 Å². The van der Waals surface area contributed by atoms with E-state index in [-0.39, 0.29) is 38.6 Å². The second-order valence-corrected chi connectivity index (χ2v) is 15.3. The molecule has 1 unspecified atom stereocenters. The molecule has 0 spiro atoms. The zero-order valence-corrected chi connectivity index (χ0v) is 33.3. The SMILES string of the molecule is CCCCCCC/C=C/CCCCCCCC(=O)O[C@H](COC(=O)CCCCCCCCCCCCCCCCC)COP(=O)(O)OCCN.